The van der Waals surface area contributed by atoms with Gasteiger partial charge in [0.1, 0.15) is 0 Å². The highest BCUT2D eigenvalue weighted by atomic mass is 127. The Labute approximate surface area is 159 Å². The zero-order valence-corrected chi connectivity index (χ0v) is 17.0. The molecule has 1 aliphatic rings. The molecule has 0 unspecified atom stereocenters. The topological polar surface area (TPSA) is 87.8 Å². The van der Waals surface area contributed by atoms with Gasteiger partial charge in [-0.15, -0.1) is 24.0 Å². The van der Waals surface area contributed by atoms with E-state index in [9.17, 15) is 8.42 Å². The third-order valence-corrected chi connectivity index (χ3v) is 5.42. The number of nitrogens with zero attached hydrogens (tertiary/aromatic N) is 2. The molecule has 0 aromatic heterocycles. The Kier molecular flexibility index (Phi) is 7.56. The number of aliphatic imine (C=N–C) groups is 1. The van der Waals surface area contributed by atoms with Crippen molar-refractivity contribution >= 4 is 51.6 Å². The molecule has 0 saturated heterocycles. The summed E-state index contributed by atoms with van der Waals surface area (Å²) in [4.78, 5) is 6.35. The number of aryl methyl sites for hydroxylation is 1. The van der Waals surface area contributed by atoms with Crippen LogP contribution in [0.15, 0.2) is 28.1 Å². The standard InChI is InChI=1S/C14H21ClN4O2S.HI/c1-10-9-11(15)3-6-13(10)22(20,21)18-8-7-17-14(16)19(2)12-4-5-12;/h3,6,9,12,18H,4-5,7-8H2,1-2H3,(H2,16,17);1H. The Morgan fingerprint density at radius 2 is 2.13 bits per heavy atom. The van der Waals surface area contributed by atoms with Gasteiger partial charge in [0.05, 0.1) is 11.4 Å². The van der Waals surface area contributed by atoms with E-state index in [1.807, 2.05) is 11.9 Å². The smallest absolute Gasteiger partial charge is 0.240 e. The molecule has 1 aromatic rings. The zero-order chi connectivity index (χ0) is 16.3. The number of halogens is 2. The van der Waals surface area contributed by atoms with Crippen LogP contribution in [0.2, 0.25) is 5.02 Å². The Morgan fingerprint density at radius 3 is 2.70 bits per heavy atom. The van der Waals surface area contributed by atoms with Crippen LogP contribution in [0.25, 0.3) is 0 Å². The molecule has 1 fully saturated rings. The van der Waals surface area contributed by atoms with Gasteiger partial charge in [-0.3, -0.25) is 4.99 Å². The molecule has 1 saturated carbocycles. The molecule has 0 bridgehead atoms. The fraction of sp³-hybridized carbons (Fsp3) is 0.500. The molecule has 23 heavy (non-hydrogen) atoms. The van der Waals surface area contributed by atoms with Gasteiger partial charge in [-0.25, -0.2) is 13.1 Å². The molecule has 130 valence electrons. The Hall–Kier alpha value is -0.580. The highest BCUT2D eigenvalue weighted by Crippen LogP contribution is 2.24. The normalized spacial score (nSPS) is 15.2. The summed E-state index contributed by atoms with van der Waals surface area (Å²) in [6.45, 7) is 2.21. The van der Waals surface area contributed by atoms with E-state index in [1.54, 1.807) is 19.1 Å². The van der Waals surface area contributed by atoms with Crippen LogP contribution in [-0.4, -0.2) is 45.5 Å². The van der Waals surface area contributed by atoms with Crippen molar-refractivity contribution in [3.05, 3.63) is 28.8 Å². The second-order valence-electron chi connectivity index (χ2n) is 5.39. The van der Waals surface area contributed by atoms with Crippen LogP contribution in [0.1, 0.15) is 18.4 Å². The molecule has 0 spiro atoms. The van der Waals surface area contributed by atoms with Gasteiger partial charge in [0.15, 0.2) is 5.96 Å². The van der Waals surface area contributed by atoms with E-state index in [2.05, 4.69) is 9.71 Å². The number of sulfonamides is 1. The monoisotopic (exact) mass is 472 g/mol. The summed E-state index contributed by atoms with van der Waals surface area (Å²) in [6, 6.07) is 5.16. The van der Waals surface area contributed by atoms with Gasteiger partial charge in [0, 0.05) is 24.7 Å². The molecule has 2 rings (SSSR count). The van der Waals surface area contributed by atoms with Crippen LogP contribution in [0.4, 0.5) is 0 Å². The lowest BCUT2D eigenvalue weighted by Gasteiger charge is -2.16. The summed E-state index contributed by atoms with van der Waals surface area (Å²) < 4.78 is 27.0. The van der Waals surface area contributed by atoms with E-state index in [4.69, 9.17) is 17.3 Å². The quantitative estimate of drug-likeness (QED) is 0.287. The summed E-state index contributed by atoms with van der Waals surface area (Å²) in [7, 11) is -1.66. The van der Waals surface area contributed by atoms with Crippen molar-refractivity contribution in [2.75, 3.05) is 20.1 Å². The highest BCUT2D eigenvalue weighted by molar-refractivity contribution is 14.0. The Balaban J connectivity index is 0.00000264. The van der Waals surface area contributed by atoms with E-state index in [1.165, 1.54) is 6.07 Å². The molecule has 3 N–H and O–H groups in total. The van der Waals surface area contributed by atoms with Crippen molar-refractivity contribution in [1.29, 1.82) is 0 Å². The average molecular weight is 473 g/mol. The van der Waals surface area contributed by atoms with Crippen LogP contribution in [0.5, 0.6) is 0 Å². The third kappa shape index (κ3) is 5.77. The molecule has 0 heterocycles. The summed E-state index contributed by atoms with van der Waals surface area (Å²) >= 11 is 5.84. The van der Waals surface area contributed by atoms with Crippen molar-refractivity contribution in [3.8, 4) is 0 Å². The summed E-state index contributed by atoms with van der Waals surface area (Å²) in [5.74, 6) is 0.448. The average Bonchev–Trinajstić information content (AvgIpc) is 3.26. The first kappa shape index (κ1) is 20.5. The van der Waals surface area contributed by atoms with E-state index < -0.39 is 10.0 Å². The van der Waals surface area contributed by atoms with Crippen molar-refractivity contribution in [1.82, 2.24) is 9.62 Å². The fourth-order valence-corrected chi connectivity index (χ4v) is 3.58. The maximum atomic E-state index is 12.2. The van der Waals surface area contributed by atoms with E-state index >= 15 is 0 Å². The van der Waals surface area contributed by atoms with Crippen molar-refractivity contribution < 1.29 is 8.42 Å². The number of hydrogen-bond donors (Lipinski definition) is 2. The lowest BCUT2D eigenvalue weighted by molar-refractivity contribution is 0.487. The van der Waals surface area contributed by atoms with Crippen LogP contribution < -0.4 is 10.5 Å². The second-order valence-corrected chi connectivity index (χ2v) is 7.56. The van der Waals surface area contributed by atoms with Crippen LogP contribution in [0.3, 0.4) is 0 Å². The van der Waals surface area contributed by atoms with Gasteiger partial charge in [0.2, 0.25) is 10.0 Å². The minimum absolute atomic E-state index is 0. The number of rotatable bonds is 6. The summed E-state index contributed by atoms with van der Waals surface area (Å²) in [5.41, 5.74) is 6.45. The molecule has 9 heteroatoms. The molecule has 0 amide bonds. The molecule has 6 nitrogen and oxygen atoms in total. The highest BCUT2D eigenvalue weighted by Gasteiger charge is 2.27. The molecule has 0 aliphatic heterocycles. The maximum Gasteiger partial charge on any atom is 0.240 e. The second kappa shape index (κ2) is 8.50. The zero-order valence-electron chi connectivity index (χ0n) is 13.1. The van der Waals surface area contributed by atoms with Crippen molar-refractivity contribution in [3.63, 3.8) is 0 Å². The van der Waals surface area contributed by atoms with Gasteiger partial charge in [-0.2, -0.15) is 0 Å². The Morgan fingerprint density at radius 1 is 1.48 bits per heavy atom. The van der Waals surface area contributed by atoms with Crippen molar-refractivity contribution in [2.45, 2.75) is 30.7 Å². The maximum absolute atomic E-state index is 12.2. The van der Waals surface area contributed by atoms with Gasteiger partial charge < -0.3 is 10.6 Å². The molecule has 1 aliphatic carbocycles. The molecule has 1 aromatic carbocycles. The predicted molar refractivity (Wildman–Crippen MR) is 104 cm³/mol. The largest absolute Gasteiger partial charge is 0.370 e. The fourth-order valence-electron chi connectivity index (χ4n) is 2.10. The number of nitrogens with one attached hydrogen (secondary N) is 1. The minimum Gasteiger partial charge on any atom is -0.370 e. The van der Waals surface area contributed by atoms with Crippen LogP contribution in [-0.2, 0) is 10.0 Å². The minimum atomic E-state index is -3.56. The first-order chi connectivity index (χ1) is 10.3. The number of benzene rings is 1. The van der Waals surface area contributed by atoms with Crippen molar-refractivity contribution in [2.24, 2.45) is 10.7 Å². The predicted octanol–water partition coefficient (Wildman–Crippen LogP) is 1.95. The summed E-state index contributed by atoms with van der Waals surface area (Å²) in [6.07, 6.45) is 2.27. The lowest BCUT2D eigenvalue weighted by atomic mass is 10.2. The first-order valence-electron chi connectivity index (χ1n) is 7.10. The van der Waals surface area contributed by atoms with E-state index in [-0.39, 0.29) is 35.4 Å². The lowest BCUT2D eigenvalue weighted by Crippen LogP contribution is -2.36. The van der Waals surface area contributed by atoms with E-state index in [0.29, 0.717) is 29.1 Å². The number of guanidine groups is 1. The third-order valence-electron chi connectivity index (χ3n) is 3.56. The molecular formula is C14H22ClIN4O2S. The van der Waals surface area contributed by atoms with Crippen LogP contribution in [0, 0.1) is 6.92 Å². The van der Waals surface area contributed by atoms with Gasteiger partial charge in [-0.1, -0.05) is 11.6 Å². The van der Waals surface area contributed by atoms with Gasteiger partial charge in [-0.05, 0) is 43.5 Å². The molecule has 0 atom stereocenters. The summed E-state index contributed by atoms with van der Waals surface area (Å²) in [5, 5.41) is 0.511. The number of hydrogen-bond acceptors (Lipinski definition) is 3. The van der Waals surface area contributed by atoms with E-state index in [0.717, 1.165) is 12.8 Å². The molecular weight excluding hydrogens is 451 g/mol. The number of nitrogens with two attached hydrogens (primary N) is 1. The van der Waals surface area contributed by atoms with Gasteiger partial charge in [0.25, 0.3) is 0 Å². The van der Waals surface area contributed by atoms with Crippen LogP contribution >= 0.6 is 35.6 Å². The molecule has 0 radical (unpaired) electrons. The first-order valence-corrected chi connectivity index (χ1v) is 8.96. The SMILES string of the molecule is Cc1cc(Cl)ccc1S(=O)(=O)NCCN=C(N)N(C)C1CC1.I. The van der Waals surface area contributed by atoms with Gasteiger partial charge >= 0.3 is 0 Å². The Bertz CT molecular complexity index is 677.